The van der Waals surface area contributed by atoms with Gasteiger partial charge in [-0.25, -0.2) is 13.2 Å². The number of nitrogens with zero attached hydrogens (tertiary/aromatic N) is 2. The van der Waals surface area contributed by atoms with E-state index in [1.165, 1.54) is 43.8 Å². The van der Waals surface area contributed by atoms with E-state index >= 15 is 0 Å². The summed E-state index contributed by atoms with van der Waals surface area (Å²) >= 11 is 1.25. The van der Waals surface area contributed by atoms with Gasteiger partial charge in [0.25, 0.3) is 15.9 Å². The lowest BCUT2D eigenvalue weighted by Gasteiger charge is -2.09. The molecule has 1 heterocycles. The first-order valence-corrected chi connectivity index (χ1v) is 14.2. The summed E-state index contributed by atoms with van der Waals surface area (Å²) in [5.41, 5.74) is 1.60. The molecule has 0 bridgehead atoms. The van der Waals surface area contributed by atoms with Crippen molar-refractivity contribution in [3.05, 3.63) is 82.7 Å². The Balaban J connectivity index is 1.66. The van der Waals surface area contributed by atoms with Gasteiger partial charge in [0, 0.05) is 24.4 Å². The van der Waals surface area contributed by atoms with Gasteiger partial charge in [0.05, 0.1) is 41.5 Å². The maximum absolute atomic E-state index is 13.2. The first kappa shape index (κ1) is 28.0. The highest BCUT2D eigenvalue weighted by Crippen LogP contribution is 2.22. The zero-order chi connectivity index (χ0) is 28.0. The average Bonchev–Trinajstić information content (AvgIpc) is 3.28. The van der Waals surface area contributed by atoms with Crippen LogP contribution in [0.2, 0.25) is 0 Å². The fourth-order valence-corrected chi connectivity index (χ4v) is 5.90. The summed E-state index contributed by atoms with van der Waals surface area (Å²) in [7, 11) is -1.08. The molecule has 0 unspecified atom stereocenters. The van der Waals surface area contributed by atoms with Crippen LogP contribution in [0.3, 0.4) is 0 Å². The van der Waals surface area contributed by atoms with E-state index in [1.807, 2.05) is 11.5 Å². The molecule has 0 radical (unpaired) electrons. The molecule has 0 saturated heterocycles. The van der Waals surface area contributed by atoms with Crippen LogP contribution < -0.4 is 14.3 Å². The van der Waals surface area contributed by atoms with E-state index in [0.29, 0.717) is 35.9 Å². The number of esters is 1. The van der Waals surface area contributed by atoms with E-state index in [9.17, 15) is 18.0 Å². The van der Waals surface area contributed by atoms with Crippen LogP contribution in [-0.2, 0) is 26.0 Å². The average molecular weight is 570 g/mol. The third kappa shape index (κ3) is 6.53. The number of amides is 1. The Morgan fingerprint density at radius 2 is 1.77 bits per heavy atom. The number of fused-ring (bicyclic) bond motifs is 1. The summed E-state index contributed by atoms with van der Waals surface area (Å²) in [5.74, 6) is -0.482. The van der Waals surface area contributed by atoms with Gasteiger partial charge in [0.15, 0.2) is 4.80 Å². The van der Waals surface area contributed by atoms with Crippen LogP contribution in [0, 0.1) is 0 Å². The third-order valence-corrected chi connectivity index (χ3v) is 8.13. The molecule has 1 aromatic heterocycles. The van der Waals surface area contributed by atoms with Crippen LogP contribution in [0.25, 0.3) is 10.2 Å². The van der Waals surface area contributed by atoms with Crippen molar-refractivity contribution in [3.8, 4) is 5.75 Å². The van der Waals surface area contributed by atoms with E-state index < -0.39 is 21.9 Å². The zero-order valence-corrected chi connectivity index (χ0v) is 23.2. The lowest BCUT2D eigenvalue weighted by Crippen LogP contribution is -2.20. The van der Waals surface area contributed by atoms with E-state index in [2.05, 4.69) is 9.71 Å². The molecule has 0 atom stereocenters. The van der Waals surface area contributed by atoms with Crippen molar-refractivity contribution >= 4 is 49.1 Å². The van der Waals surface area contributed by atoms with Crippen LogP contribution in [0.4, 0.5) is 5.69 Å². The summed E-state index contributed by atoms with van der Waals surface area (Å²) in [6.45, 7) is 3.29. The SMILES string of the molecule is CCOCCn1c(=NC(=O)c2cccc(NS(=O)(=O)c3ccc(OC)cc3)c2)sc2cc(C(=O)OC)ccc21. The number of ether oxygens (including phenoxy) is 3. The van der Waals surface area contributed by atoms with E-state index in [0.717, 1.165) is 10.2 Å². The number of carbonyl (C=O) groups is 2. The molecule has 0 aliphatic carbocycles. The van der Waals surface area contributed by atoms with Crippen molar-refractivity contribution in [1.82, 2.24) is 4.57 Å². The quantitative estimate of drug-likeness (QED) is 0.225. The Bertz CT molecular complexity index is 1670. The van der Waals surface area contributed by atoms with Crippen molar-refractivity contribution in [3.63, 3.8) is 0 Å². The molecule has 4 aromatic rings. The molecule has 12 heteroatoms. The lowest BCUT2D eigenvalue weighted by atomic mass is 10.2. The highest BCUT2D eigenvalue weighted by atomic mass is 32.2. The van der Waals surface area contributed by atoms with Gasteiger partial charge in [0.2, 0.25) is 0 Å². The third-order valence-electron chi connectivity index (χ3n) is 5.70. The molecule has 0 aliphatic rings. The predicted octanol–water partition coefficient (Wildman–Crippen LogP) is 4.08. The Labute approximate surface area is 229 Å². The molecule has 39 heavy (non-hydrogen) atoms. The normalized spacial score (nSPS) is 11.9. The first-order valence-electron chi connectivity index (χ1n) is 11.9. The molecule has 0 aliphatic heterocycles. The minimum absolute atomic E-state index is 0.0525. The number of sulfonamides is 1. The van der Waals surface area contributed by atoms with Crippen LogP contribution in [0.1, 0.15) is 27.6 Å². The minimum Gasteiger partial charge on any atom is -0.497 e. The molecule has 1 N–H and O–H groups in total. The number of anilines is 1. The number of rotatable bonds is 10. The van der Waals surface area contributed by atoms with Crippen molar-refractivity contribution in [1.29, 1.82) is 0 Å². The molecule has 10 nitrogen and oxygen atoms in total. The van der Waals surface area contributed by atoms with Crippen LogP contribution in [0.15, 0.2) is 76.6 Å². The van der Waals surface area contributed by atoms with Gasteiger partial charge in [-0.1, -0.05) is 17.4 Å². The largest absolute Gasteiger partial charge is 0.497 e. The van der Waals surface area contributed by atoms with Gasteiger partial charge in [-0.2, -0.15) is 4.99 Å². The van der Waals surface area contributed by atoms with Gasteiger partial charge in [-0.15, -0.1) is 0 Å². The Hall–Kier alpha value is -4.00. The fraction of sp³-hybridized carbons (Fsp3) is 0.222. The van der Waals surface area contributed by atoms with Crippen molar-refractivity contribution in [2.45, 2.75) is 18.4 Å². The number of hydrogen-bond acceptors (Lipinski definition) is 8. The van der Waals surface area contributed by atoms with Crippen molar-refractivity contribution in [2.75, 3.05) is 32.2 Å². The summed E-state index contributed by atoms with van der Waals surface area (Å²) < 4.78 is 46.2. The highest BCUT2D eigenvalue weighted by Gasteiger charge is 2.16. The molecule has 4 rings (SSSR count). The van der Waals surface area contributed by atoms with E-state index in [-0.39, 0.29) is 16.1 Å². The number of nitrogens with one attached hydrogen (secondary N) is 1. The number of hydrogen-bond donors (Lipinski definition) is 1. The van der Waals surface area contributed by atoms with Crippen molar-refractivity contribution < 1.29 is 32.2 Å². The van der Waals surface area contributed by atoms with Gasteiger partial charge >= 0.3 is 5.97 Å². The van der Waals surface area contributed by atoms with Gasteiger partial charge in [-0.05, 0) is 67.6 Å². The summed E-state index contributed by atoms with van der Waals surface area (Å²) in [6.07, 6.45) is 0. The molecule has 0 fully saturated rings. The van der Waals surface area contributed by atoms with Gasteiger partial charge in [0.1, 0.15) is 5.75 Å². The highest BCUT2D eigenvalue weighted by molar-refractivity contribution is 7.92. The topological polar surface area (TPSA) is 125 Å². The number of thiazole rings is 1. The second kappa shape index (κ2) is 12.2. The van der Waals surface area contributed by atoms with E-state index in [4.69, 9.17) is 14.2 Å². The molecule has 0 spiro atoms. The minimum atomic E-state index is -3.89. The summed E-state index contributed by atoms with van der Waals surface area (Å²) in [6, 6.07) is 17.2. The van der Waals surface area contributed by atoms with Gasteiger partial charge in [-0.3, -0.25) is 9.52 Å². The van der Waals surface area contributed by atoms with Crippen LogP contribution >= 0.6 is 11.3 Å². The Morgan fingerprint density at radius 1 is 1.00 bits per heavy atom. The summed E-state index contributed by atoms with van der Waals surface area (Å²) in [5, 5.41) is 0. The van der Waals surface area contributed by atoms with Crippen LogP contribution in [-0.4, -0.2) is 52.3 Å². The molecule has 1 amide bonds. The molecule has 0 saturated carbocycles. The molecular weight excluding hydrogens is 542 g/mol. The monoisotopic (exact) mass is 569 g/mol. The Morgan fingerprint density at radius 3 is 2.46 bits per heavy atom. The molecular formula is C27H27N3O7S2. The zero-order valence-electron chi connectivity index (χ0n) is 21.5. The summed E-state index contributed by atoms with van der Waals surface area (Å²) in [4.78, 5) is 30.0. The number of carbonyl (C=O) groups excluding carboxylic acids is 2. The smallest absolute Gasteiger partial charge is 0.337 e. The van der Waals surface area contributed by atoms with Crippen LogP contribution in [0.5, 0.6) is 5.75 Å². The predicted molar refractivity (Wildman–Crippen MR) is 148 cm³/mol. The second-order valence-corrected chi connectivity index (χ2v) is 10.9. The van der Waals surface area contributed by atoms with Crippen molar-refractivity contribution in [2.24, 2.45) is 4.99 Å². The Kier molecular flexibility index (Phi) is 8.79. The van der Waals surface area contributed by atoms with E-state index in [1.54, 1.807) is 48.5 Å². The number of benzene rings is 3. The maximum Gasteiger partial charge on any atom is 0.337 e. The number of aromatic nitrogens is 1. The lowest BCUT2D eigenvalue weighted by molar-refractivity contribution is 0.0600. The first-order chi connectivity index (χ1) is 18.7. The fourth-order valence-electron chi connectivity index (χ4n) is 3.76. The maximum atomic E-state index is 13.2. The van der Waals surface area contributed by atoms with Gasteiger partial charge < -0.3 is 18.8 Å². The standard InChI is InChI=1S/C27H27N3O7S2/c1-4-37-15-14-30-23-13-8-19(26(32)36-3)17-24(23)38-27(30)28-25(31)18-6-5-7-20(16-18)29-39(33,34)22-11-9-21(35-2)10-12-22/h5-13,16-17,29H,4,14-15H2,1-3H3. The molecule has 3 aromatic carbocycles. The number of methoxy groups -OCH3 is 2. The molecule has 204 valence electrons. The second-order valence-electron chi connectivity index (χ2n) is 8.19.